The Hall–Kier alpha value is -2.53. The molecule has 0 saturated heterocycles. The number of nitrogens with one attached hydrogen (secondary N) is 2. The van der Waals surface area contributed by atoms with Gasteiger partial charge in [0, 0.05) is 18.3 Å². The van der Waals surface area contributed by atoms with Gasteiger partial charge in [0.15, 0.2) is 4.34 Å². The lowest BCUT2D eigenvalue weighted by atomic mass is 10.2. The van der Waals surface area contributed by atoms with Crippen LogP contribution >= 0.6 is 23.1 Å². The van der Waals surface area contributed by atoms with E-state index in [9.17, 15) is 19.3 Å². The third-order valence-corrected chi connectivity index (χ3v) is 4.93. The number of aromatic nitrogens is 2. The molecule has 132 valence electrons. The monoisotopic (exact) mass is 383 g/mol. The first-order chi connectivity index (χ1) is 11.9. The van der Waals surface area contributed by atoms with E-state index in [1.54, 1.807) is 13.0 Å². The summed E-state index contributed by atoms with van der Waals surface area (Å²) in [5, 5.41) is 24.2. The average Bonchev–Trinajstić information content (AvgIpc) is 3.01. The van der Waals surface area contributed by atoms with E-state index in [0.29, 0.717) is 16.0 Å². The number of amides is 1. The van der Waals surface area contributed by atoms with Crippen molar-refractivity contribution in [2.75, 3.05) is 17.2 Å². The molecule has 0 saturated carbocycles. The second kappa shape index (κ2) is 8.53. The molecule has 0 aliphatic heterocycles. The van der Waals surface area contributed by atoms with Crippen molar-refractivity contribution >= 4 is 45.5 Å². The van der Waals surface area contributed by atoms with Crippen LogP contribution in [0.3, 0.4) is 0 Å². The molecule has 0 spiro atoms. The van der Waals surface area contributed by atoms with Gasteiger partial charge in [0.25, 0.3) is 0 Å². The summed E-state index contributed by atoms with van der Waals surface area (Å²) in [5.74, 6) is -1.35. The highest BCUT2D eigenvalue weighted by atomic mass is 32.2. The molecule has 1 aromatic carbocycles. The molecule has 1 unspecified atom stereocenters. The highest BCUT2D eigenvalue weighted by Crippen LogP contribution is 2.29. The fourth-order valence-electron chi connectivity index (χ4n) is 1.67. The minimum atomic E-state index is -0.959. The Morgan fingerprint density at radius 1 is 1.56 bits per heavy atom. The number of hydrogen-bond donors (Lipinski definition) is 2. The number of benzene rings is 1. The number of carbonyl (C=O) groups is 1. The van der Waals surface area contributed by atoms with E-state index < -0.39 is 21.7 Å². The van der Waals surface area contributed by atoms with E-state index in [-0.39, 0.29) is 11.6 Å². The van der Waals surface area contributed by atoms with Crippen LogP contribution in [0.1, 0.15) is 6.92 Å². The summed E-state index contributed by atoms with van der Waals surface area (Å²) in [5.41, 5.74) is -0.545. The molecule has 0 bridgehead atoms. The Kier molecular flexibility index (Phi) is 6.42. The van der Waals surface area contributed by atoms with Gasteiger partial charge in [0.2, 0.25) is 16.9 Å². The molecule has 0 radical (unpaired) electrons. The number of nitro benzene ring substituents is 1. The zero-order chi connectivity index (χ0) is 18.4. The van der Waals surface area contributed by atoms with Crippen molar-refractivity contribution in [2.45, 2.75) is 16.5 Å². The predicted molar refractivity (Wildman–Crippen MR) is 95.6 cm³/mol. The van der Waals surface area contributed by atoms with Gasteiger partial charge in [-0.15, -0.1) is 16.8 Å². The molecule has 2 aromatic rings. The first kappa shape index (κ1) is 18.8. The molecule has 1 heterocycles. The minimum Gasteiger partial charge on any atom is -0.357 e. The quantitative estimate of drug-likeness (QED) is 0.311. The molecule has 2 rings (SSSR count). The zero-order valence-electron chi connectivity index (χ0n) is 13.1. The molecule has 0 aliphatic carbocycles. The van der Waals surface area contributed by atoms with E-state index in [0.717, 1.165) is 12.1 Å². The SMILES string of the molecule is C=CCNc1nnc(SC(C)C(=O)Nc2ccc(F)c([N+](=O)[O-])c2)s1. The van der Waals surface area contributed by atoms with Crippen LogP contribution in [0.2, 0.25) is 0 Å². The second-order valence-corrected chi connectivity index (χ2v) is 7.28. The zero-order valence-corrected chi connectivity index (χ0v) is 14.7. The van der Waals surface area contributed by atoms with Crippen molar-refractivity contribution in [3.8, 4) is 0 Å². The van der Waals surface area contributed by atoms with Gasteiger partial charge in [-0.25, -0.2) is 0 Å². The maximum atomic E-state index is 13.3. The number of carbonyl (C=O) groups excluding carboxylic acids is 1. The number of thioether (sulfide) groups is 1. The van der Waals surface area contributed by atoms with Crippen LogP contribution in [-0.2, 0) is 4.79 Å². The van der Waals surface area contributed by atoms with Crippen molar-refractivity contribution < 1.29 is 14.1 Å². The molecule has 1 atom stereocenters. The summed E-state index contributed by atoms with van der Waals surface area (Å²) in [4.78, 5) is 22.1. The number of nitrogens with zero attached hydrogens (tertiary/aromatic N) is 3. The highest BCUT2D eigenvalue weighted by Gasteiger charge is 2.20. The fourth-order valence-corrected chi connectivity index (χ4v) is 3.57. The molecule has 0 aliphatic rings. The lowest BCUT2D eigenvalue weighted by Crippen LogP contribution is -2.22. The van der Waals surface area contributed by atoms with E-state index in [1.807, 2.05) is 0 Å². The van der Waals surface area contributed by atoms with Crippen LogP contribution in [0.25, 0.3) is 0 Å². The number of anilines is 2. The van der Waals surface area contributed by atoms with E-state index in [2.05, 4.69) is 27.4 Å². The molecule has 2 N–H and O–H groups in total. The largest absolute Gasteiger partial charge is 0.357 e. The topological polar surface area (TPSA) is 110 Å². The van der Waals surface area contributed by atoms with Gasteiger partial charge in [-0.2, -0.15) is 4.39 Å². The van der Waals surface area contributed by atoms with Gasteiger partial charge in [-0.3, -0.25) is 14.9 Å². The van der Waals surface area contributed by atoms with Crippen molar-refractivity contribution in [3.63, 3.8) is 0 Å². The molecule has 1 amide bonds. The van der Waals surface area contributed by atoms with Gasteiger partial charge in [-0.05, 0) is 19.1 Å². The van der Waals surface area contributed by atoms with E-state index >= 15 is 0 Å². The van der Waals surface area contributed by atoms with Gasteiger partial charge in [0.1, 0.15) is 0 Å². The molecular formula is C14H14FN5O3S2. The van der Waals surface area contributed by atoms with Gasteiger partial charge < -0.3 is 10.6 Å². The Morgan fingerprint density at radius 2 is 2.32 bits per heavy atom. The summed E-state index contributed by atoms with van der Waals surface area (Å²) >= 11 is 2.49. The normalized spacial score (nSPS) is 11.6. The van der Waals surface area contributed by atoms with Crippen LogP contribution < -0.4 is 10.6 Å². The first-order valence-electron chi connectivity index (χ1n) is 7.00. The van der Waals surface area contributed by atoms with Crippen LogP contribution in [0.4, 0.5) is 20.9 Å². The smallest absolute Gasteiger partial charge is 0.306 e. The van der Waals surface area contributed by atoms with Crippen LogP contribution in [0.15, 0.2) is 35.2 Å². The Morgan fingerprint density at radius 3 is 3.00 bits per heavy atom. The van der Waals surface area contributed by atoms with Crippen molar-refractivity contribution in [1.29, 1.82) is 0 Å². The third kappa shape index (κ3) is 5.22. The molecular weight excluding hydrogens is 369 g/mol. The molecule has 11 heteroatoms. The van der Waals surface area contributed by atoms with E-state index in [4.69, 9.17) is 0 Å². The Bertz CT molecular complexity index is 799. The minimum absolute atomic E-state index is 0.149. The van der Waals surface area contributed by atoms with Gasteiger partial charge in [0.05, 0.1) is 10.2 Å². The number of hydrogen-bond acceptors (Lipinski definition) is 8. The summed E-state index contributed by atoms with van der Waals surface area (Å²) < 4.78 is 13.9. The Balaban J connectivity index is 1.98. The molecule has 0 fully saturated rings. The third-order valence-electron chi connectivity index (χ3n) is 2.86. The fraction of sp³-hybridized carbons (Fsp3) is 0.214. The van der Waals surface area contributed by atoms with Crippen LogP contribution in [0, 0.1) is 15.9 Å². The van der Waals surface area contributed by atoms with Crippen LogP contribution in [0.5, 0.6) is 0 Å². The number of nitro groups is 1. The molecule has 1 aromatic heterocycles. The first-order valence-corrected chi connectivity index (χ1v) is 8.70. The maximum absolute atomic E-state index is 13.3. The van der Waals surface area contributed by atoms with Crippen LogP contribution in [-0.4, -0.2) is 32.8 Å². The molecule has 8 nitrogen and oxygen atoms in total. The Labute approximate surface area is 150 Å². The number of halogens is 1. The lowest BCUT2D eigenvalue weighted by molar-refractivity contribution is -0.387. The summed E-state index contributed by atoms with van der Waals surface area (Å²) in [6.45, 7) is 5.80. The highest BCUT2D eigenvalue weighted by molar-refractivity contribution is 8.02. The standard InChI is InChI=1S/C14H14FN5O3S2/c1-3-6-16-13-18-19-14(25-13)24-8(2)12(21)17-9-4-5-10(15)11(7-9)20(22)23/h3-5,7-8H,1,6H2,2H3,(H,16,18)(H,17,21). The van der Waals surface area contributed by atoms with Crippen molar-refractivity contribution in [3.05, 3.63) is 46.8 Å². The molecule has 25 heavy (non-hydrogen) atoms. The van der Waals surface area contributed by atoms with Gasteiger partial charge >= 0.3 is 5.69 Å². The maximum Gasteiger partial charge on any atom is 0.306 e. The summed E-state index contributed by atoms with van der Waals surface area (Å²) in [6.07, 6.45) is 1.69. The predicted octanol–water partition coefficient (Wildman–Crippen LogP) is 3.30. The van der Waals surface area contributed by atoms with E-state index in [1.165, 1.54) is 29.2 Å². The lowest BCUT2D eigenvalue weighted by Gasteiger charge is -2.10. The number of rotatable bonds is 8. The van der Waals surface area contributed by atoms with Crippen molar-refractivity contribution in [2.24, 2.45) is 0 Å². The summed E-state index contributed by atoms with van der Waals surface area (Å²) in [6, 6.07) is 3.18. The average molecular weight is 383 g/mol. The van der Waals surface area contributed by atoms with Gasteiger partial charge in [-0.1, -0.05) is 29.2 Å². The second-order valence-electron chi connectivity index (χ2n) is 4.72. The summed E-state index contributed by atoms with van der Waals surface area (Å²) in [7, 11) is 0. The van der Waals surface area contributed by atoms with Crippen molar-refractivity contribution in [1.82, 2.24) is 10.2 Å².